The Morgan fingerprint density at radius 3 is 3.00 bits per heavy atom. The number of halogens is 1. The van der Waals surface area contributed by atoms with Crippen molar-refractivity contribution in [1.29, 1.82) is 0 Å². The average molecular weight is 261 g/mol. The minimum atomic E-state index is -0.560. The Balaban J connectivity index is 3.01. The Labute approximate surface area is 86.7 Å². The van der Waals surface area contributed by atoms with Crippen LogP contribution in [0, 0.1) is 10.1 Å². The van der Waals surface area contributed by atoms with Gasteiger partial charge in [0.1, 0.15) is 12.5 Å². The van der Waals surface area contributed by atoms with Crippen LogP contribution >= 0.6 is 15.9 Å². The number of hydroxylamine groups is 1. The van der Waals surface area contributed by atoms with E-state index in [2.05, 4.69) is 25.9 Å². The fourth-order valence-electron chi connectivity index (χ4n) is 0.705. The summed E-state index contributed by atoms with van der Waals surface area (Å²) in [6.07, 6.45) is 2.08. The van der Waals surface area contributed by atoms with Crippen molar-refractivity contribution < 1.29 is 10.1 Å². The van der Waals surface area contributed by atoms with E-state index in [0.717, 1.165) is 12.5 Å². The molecular formula is C6H5BrN4O3. The van der Waals surface area contributed by atoms with E-state index in [4.69, 9.17) is 5.21 Å². The SMILES string of the molecule is O=[N+]([O-])c1cnc(/N=C/NO)c(Br)c1. The second-order valence-electron chi connectivity index (χ2n) is 2.14. The Morgan fingerprint density at radius 2 is 2.50 bits per heavy atom. The lowest BCUT2D eigenvalue weighted by molar-refractivity contribution is -0.385. The van der Waals surface area contributed by atoms with Gasteiger partial charge in [-0.25, -0.2) is 9.98 Å². The molecule has 7 nitrogen and oxygen atoms in total. The lowest BCUT2D eigenvalue weighted by Crippen LogP contribution is -2.01. The molecule has 0 radical (unpaired) electrons. The average Bonchev–Trinajstić information content (AvgIpc) is 2.15. The summed E-state index contributed by atoms with van der Waals surface area (Å²) < 4.78 is 0.373. The molecule has 0 aromatic carbocycles. The summed E-state index contributed by atoms with van der Waals surface area (Å²) >= 11 is 3.06. The van der Waals surface area contributed by atoms with Crippen LogP contribution in [0.5, 0.6) is 0 Å². The maximum absolute atomic E-state index is 10.3. The molecule has 0 amide bonds. The maximum atomic E-state index is 10.3. The molecule has 1 heterocycles. The molecule has 0 unspecified atom stereocenters. The van der Waals surface area contributed by atoms with Gasteiger partial charge in [-0.2, -0.15) is 0 Å². The summed E-state index contributed by atoms with van der Waals surface area (Å²) in [5.41, 5.74) is 1.56. The van der Waals surface area contributed by atoms with Crippen LogP contribution < -0.4 is 5.48 Å². The van der Waals surface area contributed by atoms with Gasteiger partial charge < -0.3 is 0 Å². The zero-order valence-electron chi connectivity index (χ0n) is 6.72. The number of hydrogen-bond donors (Lipinski definition) is 2. The third-order valence-corrected chi connectivity index (χ3v) is 1.85. The molecule has 2 N–H and O–H groups in total. The van der Waals surface area contributed by atoms with Gasteiger partial charge in [0.2, 0.25) is 0 Å². The summed E-state index contributed by atoms with van der Waals surface area (Å²) in [5, 5.41) is 18.5. The van der Waals surface area contributed by atoms with Crippen molar-refractivity contribution in [3.05, 3.63) is 26.9 Å². The molecule has 0 atom stereocenters. The highest BCUT2D eigenvalue weighted by molar-refractivity contribution is 9.10. The van der Waals surface area contributed by atoms with Crippen molar-refractivity contribution in [3.8, 4) is 0 Å². The van der Waals surface area contributed by atoms with E-state index in [9.17, 15) is 10.1 Å². The number of pyridine rings is 1. The molecule has 0 spiro atoms. The molecule has 1 aromatic rings. The monoisotopic (exact) mass is 260 g/mol. The summed E-state index contributed by atoms with van der Waals surface area (Å²) in [6, 6.07) is 1.27. The fraction of sp³-hybridized carbons (Fsp3) is 0. The number of nitrogens with one attached hydrogen (secondary N) is 1. The van der Waals surface area contributed by atoms with Gasteiger partial charge in [-0.05, 0) is 15.9 Å². The molecule has 74 valence electrons. The predicted molar refractivity (Wildman–Crippen MR) is 51.7 cm³/mol. The molecule has 8 heteroatoms. The van der Waals surface area contributed by atoms with E-state index in [1.807, 2.05) is 0 Å². The van der Waals surface area contributed by atoms with Crippen LogP contribution in [0.2, 0.25) is 0 Å². The van der Waals surface area contributed by atoms with Crippen molar-refractivity contribution in [2.75, 3.05) is 0 Å². The van der Waals surface area contributed by atoms with E-state index in [1.165, 1.54) is 6.07 Å². The number of nitro groups is 1. The number of hydrogen-bond acceptors (Lipinski definition) is 5. The molecule has 14 heavy (non-hydrogen) atoms. The lowest BCUT2D eigenvalue weighted by atomic mass is 10.4. The van der Waals surface area contributed by atoms with Gasteiger partial charge in [-0.1, -0.05) is 0 Å². The van der Waals surface area contributed by atoms with Crippen molar-refractivity contribution in [2.45, 2.75) is 0 Å². The zero-order chi connectivity index (χ0) is 10.6. The maximum Gasteiger partial charge on any atom is 0.288 e. The van der Waals surface area contributed by atoms with Crippen molar-refractivity contribution in [3.63, 3.8) is 0 Å². The summed E-state index contributed by atoms with van der Waals surface area (Å²) in [5.74, 6) is 0.233. The fourth-order valence-corrected chi connectivity index (χ4v) is 1.14. The highest BCUT2D eigenvalue weighted by Gasteiger charge is 2.09. The largest absolute Gasteiger partial charge is 0.290 e. The van der Waals surface area contributed by atoms with E-state index in [1.54, 1.807) is 5.48 Å². The second kappa shape index (κ2) is 4.63. The van der Waals surface area contributed by atoms with Crippen molar-refractivity contribution >= 4 is 33.8 Å². The van der Waals surface area contributed by atoms with Crippen LogP contribution in [0.4, 0.5) is 11.5 Å². The van der Waals surface area contributed by atoms with Crippen molar-refractivity contribution in [2.24, 2.45) is 4.99 Å². The molecule has 0 aliphatic carbocycles. The van der Waals surface area contributed by atoms with Gasteiger partial charge in [-0.15, -0.1) is 0 Å². The summed E-state index contributed by atoms with van der Waals surface area (Å²) in [7, 11) is 0. The van der Waals surface area contributed by atoms with Crippen LogP contribution in [0.25, 0.3) is 0 Å². The molecule has 0 saturated carbocycles. The van der Waals surface area contributed by atoms with E-state index in [0.29, 0.717) is 4.47 Å². The normalized spacial score (nSPS) is 10.4. The molecule has 0 saturated heterocycles. The minimum Gasteiger partial charge on any atom is -0.290 e. The number of nitrogens with zero attached hydrogens (tertiary/aromatic N) is 3. The highest BCUT2D eigenvalue weighted by Crippen LogP contribution is 2.25. The van der Waals surface area contributed by atoms with Crippen LogP contribution in [0.3, 0.4) is 0 Å². The lowest BCUT2D eigenvalue weighted by Gasteiger charge is -1.96. The van der Waals surface area contributed by atoms with Gasteiger partial charge in [0, 0.05) is 6.07 Å². The molecule has 0 bridgehead atoms. The third kappa shape index (κ3) is 2.47. The predicted octanol–water partition coefficient (Wildman–Crippen LogP) is 1.39. The minimum absolute atomic E-state index is 0.132. The topological polar surface area (TPSA) is 101 Å². The molecule has 0 fully saturated rings. The van der Waals surface area contributed by atoms with Gasteiger partial charge in [0.25, 0.3) is 5.69 Å². The van der Waals surface area contributed by atoms with Crippen LogP contribution in [-0.2, 0) is 0 Å². The molecule has 1 rings (SSSR count). The first kappa shape index (κ1) is 10.5. The van der Waals surface area contributed by atoms with Gasteiger partial charge >= 0.3 is 0 Å². The Morgan fingerprint density at radius 1 is 1.79 bits per heavy atom. The Hall–Kier alpha value is -1.54. The molecule has 0 aliphatic rings. The van der Waals surface area contributed by atoms with Crippen LogP contribution in [0.15, 0.2) is 21.7 Å². The quantitative estimate of drug-likeness (QED) is 0.370. The molecular weight excluding hydrogens is 256 g/mol. The standard InChI is InChI=1S/C6H5BrN4O3/c7-5-1-4(11(13)14)2-8-6(5)9-3-10-12/h1-3,12H,(H,8,9,10). The first-order valence-corrected chi connectivity index (χ1v) is 4.16. The smallest absolute Gasteiger partial charge is 0.288 e. The third-order valence-electron chi connectivity index (χ3n) is 1.26. The summed E-state index contributed by atoms with van der Waals surface area (Å²) in [6.45, 7) is 0. The Kier molecular flexibility index (Phi) is 3.48. The van der Waals surface area contributed by atoms with E-state index in [-0.39, 0.29) is 11.5 Å². The van der Waals surface area contributed by atoms with Crippen LogP contribution in [0.1, 0.15) is 0 Å². The van der Waals surface area contributed by atoms with Crippen LogP contribution in [-0.4, -0.2) is 21.5 Å². The highest BCUT2D eigenvalue weighted by atomic mass is 79.9. The molecule has 0 aliphatic heterocycles. The van der Waals surface area contributed by atoms with E-state index >= 15 is 0 Å². The van der Waals surface area contributed by atoms with Gasteiger partial charge in [0.15, 0.2) is 5.82 Å². The Bertz CT molecular complexity index is 381. The number of aliphatic imine (C=N–C) groups is 1. The zero-order valence-corrected chi connectivity index (χ0v) is 8.30. The molecule has 1 aromatic heterocycles. The van der Waals surface area contributed by atoms with Crippen molar-refractivity contribution in [1.82, 2.24) is 10.5 Å². The summed E-state index contributed by atoms with van der Waals surface area (Å²) in [4.78, 5) is 17.1. The number of rotatable bonds is 3. The van der Waals surface area contributed by atoms with E-state index < -0.39 is 4.92 Å². The second-order valence-corrected chi connectivity index (χ2v) is 3.00. The first-order valence-electron chi connectivity index (χ1n) is 3.37. The first-order chi connectivity index (χ1) is 6.65. The van der Waals surface area contributed by atoms with Gasteiger partial charge in [0.05, 0.1) is 9.40 Å². The number of aromatic nitrogens is 1. The van der Waals surface area contributed by atoms with Gasteiger partial charge in [-0.3, -0.25) is 20.8 Å².